The van der Waals surface area contributed by atoms with Gasteiger partial charge in [0.1, 0.15) is 5.56 Å². The van der Waals surface area contributed by atoms with Crippen molar-refractivity contribution in [2.75, 3.05) is 18.7 Å². The number of ether oxygens (including phenoxy) is 1. The van der Waals surface area contributed by atoms with E-state index in [1.165, 1.54) is 25.6 Å². The van der Waals surface area contributed by atoms with Crippen LogP contribution < -0.4 is 14.8 Å². The molecule has 4 rings (SSSR count). The zero-order valence-corrected chi connectivity index (χ0v) is 21.2. The van der Waals surface area contributed by atoms with Gasteiger partial charge >= 0.3 is 6.18 Å². The van der Waals surface area contributed by atoms with Gasteiger partial charge in [0.15, 0.2) is 11.5 Å². The van der Waals surface area contributed by atoms with Crippen molar-refractivity contribution < 1.29 is 22.7 Å². The maximum absolute atomic E-state index is 13.3. The molecule has 0 saturated carbocycles. The van der Waals surface area contributed by atoms with Gasteiger partial charge in [-0.15, -0.1) is 0 Å². The number of amides is 1. The van der Waals surface area contributed by atoms with Gasteiger partial charge in [0, 0.05) is 46.7 Å². The van der Waals surface area contributed by atoms with E-state index in [1.54, 1.807) is 18.4 Å². The summed E-state index contributed by atoms with van der Waals surface area (Å²) >= 11 is 7.22. The van der Waals surface area contributed by atoms with Crippen LogP contribution in [-0.2, 0) is 6.18 Å². The first-order chi connectivity index (χ1) is 17.6. The second-order valence-electron chi connectivity index (χ2n) is 7.63. The predicted octanol–water partition coefficient (Wildman–Crippen LogP) is 5.46. The van der Waals surface area contributed by atoms with E-state index >= 15 is 0 Å². The molecule has 0 aliphatic heterocycles. The molecule has 9 nitrogen and oxygen atoms in total. The molecule has 1 aromatic carbocycles. The van der Waals surface area contributed by atoms with Crippen LogP contribution in [0.4, 0.5) is 24.8 Å². The maximum Gasteiger partial charge on any atom is 0.435 e. The van der Waals surface area contributed by atoms with Gasteiger partial charge in [0.25, 0.3) is 5.91 Å². The number of alkyl halides is 3. The lowest BCUT2D eigenvalue weighted by Crippen LogP contribution is -2.17. The summed E-state index contributed by atoms with van der Waals surface area (Å²) in [5.74, 6) is -0.277. The monoisotopic (exact) mass is 549 g/mol. The first kappa shape index (κ1) is 26.2. The molecule has 0 radical (unpaired) electrons. The highest BCUT2D eigenvalue weighted by Gasteiger charge is 2.34. The molecule has 37 heavy (non-hydrogen) atoms. The third-order valence-corrected chi connectivity index (χ3v) is 5.57. The largest absolute Gasteiger partial charge is 0.480 e. The predicted molar refractivity (Wildman–Crippen MR) is 134 cm³/mol. The standard InChI is InChI=1S/C23H19ClF3N7O2S/c1-12-6-14(24)9-15(7-12)30-22-29-11-17(19(31-22)34-5-4-18(32-34)23(25,26)27)13-8-16(20(35)33-37-3)21(36-2)28-10-13/h4-11H,1-3H3,(H,33,35)(H,29,30,31). The minimum Gasteiger partial charge on any atom is -0.480 e. The molecule has 0 unspecified atom stereocenters. The van der Waals surface area contributed by atoms with E-state index in [1.807, 2.05) is 13.0 Å². The Hall–Kier alpha value is -3.84. The Kier molecular flexibility index (Phi) is 7.55. The summed E-state index contributed by atoms with van der Waals surface area (Å²) in [6, 6.07) is 7.56. The molecule has 0 saturated heterocycles. The van der Waals surface area contributed by atoms with Gasteiger partial charge < -0.3 is 10.1 Å². The summed E-state index contributed by atoms with van der Waals surface area (Å²) in [5.41, 5.74) is 1.13. The zero-order valence-electron chi connectivity index (χ0n) is 19.6. The van der Waals surface area contributed by atoms with Gasteiger partial charge in [0.05, 0.1) is 7.11 Å². The number of anilines is 2. The molecule has 4 aromatic rings. The molecule has 0 bridgehead atoms. The molecule has 2 N–H and O–H groups in total. The number of halogens is 4. The van der Waals surface area contributed by atoms with Gasteiger partial charge in [0.2, 0.25) is 11.8 Å². The number of carbonyl (C=O) groups excluding carboxylic acids is 1. The third-order valence-electron chi connectivity index (χ3n) is 4.96. The van der Waals surface area contributed by atoms with E-state index in [-0.39, 0.29) is 28.8 Å². The molecule has 0 spiro atoms. The van der Waals surface area contributed by atoms with Gasteiger partial charge in [-0.25, -0.2) is 14.6 Å². The lowest BCUT2D eigenvalue weighted by Gasteiger charge is -2.14. The molecule has 192 valence electrons. The molecule has 0 aliphatic carbocycles. The minimum atomic E-state index is -4.65. The quantitative estimate of drug-likeness (QED) is 0.292. The molecular weight excluding hydrogens is 531 g/mol. The van der Waals surface area contributed by atoms with Gasteiger partial charge in [-0.05, 0) is 42.8 Å². The van der Waals surface area contributed by atoms with Crippen LogP contribution in [0, 0.1) is 6.92 Å². The van der Waals surface area contributed by atoms with Crippen LogP contribution in [0.5, 0.6) is 5.88 Å². The number of aryl methyl sites for hydroxylation is 1. The Balaban J connectivity index is 1.85. The Labute approximate surface area is 218 Å². The fourth-order valence-electron chi connectivity index (χ4n) is 3.41. The van der Waals surface area contributed by atoms with E-state index < -0.39 is 17.8 Å². The summed E-state index contributed by atoms with van der Waals surface area (Å²) in [6.07, 6.45) is 0.967. The van der Waals surface area contributed by atoms with Crippen LogP contribution in [0.15, 0.2) is 48.9 Å². The van der Waals surface area contributed by atoms with Crippen molar-refractivity contribution in [1.29, 1.82) is 0 Å². The van der Waals surface area contributed by atoms with E-state index in [2.05, 4.69) is 30.1 Å². The Morgan fingerprint density at radius 3 is 2.59 bits per heavy atom. The van der Waals surface area contributed by atoms with Crippen molar-refractivity contribution in [3.05, 3.63) is 70.8 Å². The van der Waals surface area contributed by atoms with E-state index in [0.717, 1.165) is 34.5 Å². The van der Waals surface area contributed by atoms with Crippen LogP contribution in [0.1, 0.15) is 21.6 Å². The summed E-state index contributed by atoms with van der Waals surface area (Å²) in [7, 11) is 1.37. The second kappa shape index (κ2) is 10.6. The number of nitrogens with zero attached hydrogens (tertiary/aromatic N) is 5. The molecule has 3 heterocycles. The number of aromatic nitrogens is 5. The number of methoxy groups -OCH3 is 1. The molecule has 3 aromatic heterocycles. The minimum absolute atomic E-state index is 0.0231. The summed E-state index contributed by atoms with van der Waals surface area (Å²) < 4.78 is 48.6. The molecule has 0 fully saturated rings. The van der Waals surface area contributed by atoms with Crippen LogP contribution in [0.2, 0.25) is 5.02 Å². The molecule has 0 atom stereocenters. The summed E-state index contributed by atoms with van der Waals surface area (Å²) in [4.78, 5) is 25.5. The van der Waals surface area contributed by atoms with E-state index in [4.69, 9.17) is 16.3 Å². The normalized spacial score (nSPS) is 11.3. The van der Waals surface area contributed by atoms with Crippen LogP contribution >= 0.6 is 23.5 Å². The number of benzene rings is 1. The fraction of sp³-hybridized carbons (Fsp3) is 0.174. The molecule has 14 heteroatoms. The Bertz CT molecular complexity index is 1440. The average Bonchev–Trinajstić information content (AvgIpc) is 3.34. The van der Waals surface area contributed by atoms with Crippen molar-refractivity contribution >= 4 is 41.1 Å². The van der Waals surface area contributed by atoms with Crippen LogP contribution in [-0.4, -0.2) is 44.0 Å². The first-order valence-corrected chi connectivity index (χ1v) is 12.1. The van der Waals surface area contributed by atoms with Crippen LogP contribution in [0.25, 0.3) is 16.9 Å². The van der Waals surface area contributed by atoms with Crippen LogP contribution in [0.3, 0.4) is 0 Å². The number of carbonyl (C=O) groups is 1. The average molecular weight is 550 g/mol. The van der Waals surface area contributed by atoms with Gasteiger partial charge in [-0.2, -0.15) is 23.3 Å². The topological polar surface area (TPSA) is 107 Å². The lowest BCUT2D eigenvalue weighted by molar-refractivity contribution is -0.141. The third kappa shape index (κ3) is 5.94. The van der Waals surface area contributed by atoms with Gasteiger partial charge in [-0.3, -0.25) is 9.52 Å². The molecular formula is C23H19ClF3N7O2S. The Morgan fingerprint density at radius 1 is 1.16 bits per heavy atom. The van der Waals surface area contributed by atoms with Crippen molar-refractivity contribution in [2.45, 2.75) is 13.1 Å². The van der Waals surface area contributed by atoms with Crippen molar-refractivity contribution in [3.8, 4) is 22.8 Å². The highest BCUT2D eigenvalue weighted by atomic mass is 35.5. The highest BCUT2D eigenvalue weighted by Crippen LogP contribution is 2.32. The van der Waals surface area contributed by atoms with Gasteiger partial charge in [-0.1, -0.05) is 23.5 Å². The number of hydrogen-bond donors (Lipinski definition) is 2. The number of pyridine rings is 1. The number of nitrogens with one attached hydrogen (secondary N) is 2. The van der Waals surface area contributed by atoms with Crippen molar-refractivity contribution in [3.63, 3.8) is 0 Å². The Morgan fingerprint density at radius 2 is 1.95 bits per heavy atom. The second-order valence-corrected chi connectivity index (χ2v) is 8.68. The lowest BCUT2D eigenvalue weighted by atomic mass is 10.1. The highest BCUT2D eigenvalue weighted by molar-refractivity contribution is 7.97. The molecule has 1 amide bonds. The fourth-order valence-corrected chi connectivity index (χ4v) is 4.00. The molecule has 0 aliphatic rings. The summed E-state index contributed by atoms with van der Waals surface area (Å²) in [5, 5.41) is 7.15. The SMILES string of the molecule is COc1ncc(-c2cnc(Nc3cc(C)cc(Cl)c3)nc2-n2ccc(C(F)(F)F)n2)cc1C(=O)NSC. The maximum atomic E-state index is 13.3. The zero-order chi connectivity index (χ0) is 26.7. The summed E-state index contributed by atoms with van der Waals surface area (Å²) in [6.45, 7) is 1.86. The number of rotatable bonds is 7. The first-order valence-electron chi connectivity index (χ1n) is 10.5. The van der Waals surface area contributed by atoms with E-state index in [9.17, 15) is 18.0 Å². The van der Waals surface area contributed by atoms with Crippen molar-refractivity contribution in [1.82, 2.24) is 29.5 Å². The smallest absolute Gasteiger partial charge is 0.435 e. The van der Waals surface area contributed by atoms with E-state index in [0.29, 0.717) is 16.3 Å². The van der Waals surface area contributed by atoms with Crippen molar-refractivity contribution in [2.24, 2.45) is 0 Å². The number of hydrogen-bond acceptors (Lipinski definition) is 8.